The minimum absolute atomic E-state index is 0.215. The van der Waals surface area contributed by atoms with Gasteiger partial charge in [-0.25, -0.2) is 4.79 Å². The average molecular weight is 214 g/mol. The molecular formula is C12H22O3. The molecule has 0 aromatic rings. The number of carbonyl (C=O) groups is 1. The van der Waals surface area contributed by atoms with Gasteiger partial charge in [0.25, 0.3) is 0 Å². The topological polar surface area (TPSA) is 46.5 Å². The number of ether oxygens (including phenoxy) is 1. The molecule has 0 radical (unpaired) electrons. The third-order valence-electron chi connectivity index (χ3n) is 2.21. The van der Waals surface area contributed by atoms with Gasteiger partial charge < -0.3 is 9.84 Å². The molecule has 0 aliphatic carbocycles. The van der Waals surface area contributed by atoms with Gasteiger partial charge in [0.1, 0.15) is 6.10 Å². The van der Waals surface area contributed by atoms with E-state index < -0.39 is 5.60 Å². The number of esters is 1. The largest absolute Gasteiger partial charge is 0.459 e. The molecule has 3 nitrogen and oxygen atoms in total. The van der Waals surface area contributed by atoms with Gasteiger partial charge >= 0.3 is 5.97 Å². The van der Waals surface area contributed by atoms with Gasteiger partial charge in [-0.05, 0) is 34.1 Å². The van der Waals surface area contributed by atoms with Gasteiger partial charge in [0.05, 0.1) is 5.60 Å². The van der Waals surface area contributed by atoms with Crippen LogP contribution in [-0.4, -0.2) is 22.8 Å². The first-order valence-electron chi connectivity index (χ1n) is 5.36. The molecule has 0 aliphatic rings. The van der Waals surface area contributed by atoms with Gasteiger partial charge in [-0.2, -0.15) is 0 Å². The normalized spacial score (nSPS) is 14.9. The number of allylic oxidation sites excluding steroid dienone is 1. The van der Waals surface area contributed by atoms with Crippen LogP contribution in [0.5, 0.6) is 0 Å². The second-order valence-corrected chi connectivity index (χ2v) is 4.42. The number of hydrogen-bond acceptors (Lipinski definition) is 3. The Kier molecular flexibility index (Phi) is 5.58. The average Bonchev–Trinajstić information content (AvgIpc) is 2.13. The number of aliphatic hydroxyl groups is 1. The second kappa shape index (κ2) is 5.91. The smallest absolute Gasteiger partial charge is 0.333 e. The van der Waals surface area contributed by atoms with Gasteiger partial charge in [-0.15, -0.1) is 0 Å². The van der Waals surface area contributed by atoms with E-state index in [0.717, 1.165) is 0 Å². The Hall–Kier alpha value is -0.830. The molecule has 1 atom stereocenters. The molecule has 0 spiro atoms. The molecular weight excluding hydrogens is 192 g/mol. The molecule has 0 aliphatic heterocycles. The second-order valence-electron chi connectivity index (χ2n) is 4.42. The Balaban J connectivity index is 4.29. The van der Waals surface area contributed by atoms with Gasteiger partial charge in [0.15, 0.2) is 0 Å². The minimum atomic E-state index is -0.801. The first-order chi connectivity index (χ1) is 6.80. The van der Waals surface area contributed by atoms with Crippen LogP contribution < -0.4 is 0 Å². The Morgan fingerprint density at radius 1 is 1.53 bits per heavy atom. The lowest BCUT2D eigenvalue weighted by Gasteiger charge is -2.24. The molecule has 3 heteroatoms. The highest BCUT2D eigenvalue weighted by Gasteiger charge is 2.22. The highest BCUT2D eigenvalue weighted by Crippen LogP contribution is 2.16. The van der Waals surface area contributed by atoms with Gasteiger partial charge in [0, 0.05) is 12.0 Å². The molecule has 0 saturated heterocycles. The SMILES string of the molecule is CC=C(C)C(=O)OC(CC)CC(C)(C)O. The zero-order chi connectivity index (χ0) is 12.1. The molecule has 0 aromatic heterocycles. The molecule has 88 valence electrons. The predicted molar refractivity (Wildman–Crippen MR) is 60.5 cm³/mol. The minimum Gasteiger partial charge on any atom is -0.459 e. The van der Waals surface area contributed by atoms with Gasteiger partial charge in [-0.3, -0.25) is 0 Å². The Morgan fingerprint density at radius 3 is 2.40 bits per heavy atom. The van der Waals surface area contributed by atoms with Crippen LogP contribution in [-0.2, 0) is 9.53 Å². The van der Waals surface area contributed by atoms with Crippen LogP contribution >= 0.6 is 0 Å². The van der Waals surface area contributed by atoms with Crippen molar-refractivity contribution in [3.63, 3.8) is 0 Å². The van der Waals surface area contributed by atoms with E-state index in [0.29, 0.717) is 18.4 Å². The summed E-state index contributed by atoms with van der Waals surface area (Å²) in [5.41, 5.74) is -0.200. The Morgan fingerprint density at radius 2 is 2.07 bits per heavy atom. The summed E-state index contributed by atoms with van der Waals surface area (Å²) in [7, 11) is 0. The zero-order valence-electron chi connectivity index (χ0n) is 10.3. The molecule has 0 fully saturated rings. The van der Waals surface area contributed by atoms with Crippen molar-refractivity contribution >= 4 is 5.97 Å². The fraction of sp³-hybridized carbons (Fsp3) is 0.750. The van der Waals surface area contributed by atoms with Crippen LogP contribution in [0.3, 0.4) is 0 Å². The molecule has 0 aromatic carbocycles. The quantitative estimate of drug-likeness (QED) is 0.565. The van der Waals surface area contributed by atoms with Crippen molar-refractivity contribution in [2.45, 2.75) is 59.2 Å². The van der Waals surface area contributed by atoms with E-state index in [9.17, 15) is 9.90 Å². The third kappa shape index (κ3) is 6.28. The Labute approximate surface area is 92.1 Å². The monoisotopic (exact) mass is 214 g/mol. The molecule has 15 heavy (non-hydrogen) atoms. The third-order valence-corrected chi connectivity index (χ3v) is 2.21. The Bertz CT molecular complexity index is 236. The molecule has 0 heterocycles. The lowest BCUT2D eigenvalue weighted by atomic mass is 9.99. The highest BCUT2D eigenvalue weighted by atomic mass is 16.5. The molecule has 0 bridgehead atoms. The summed E-state index contributed by atoms with van der Waals surface area (Å²) >= 11 is 0. The molecule has 1 N–H and O–H groups in total. The standard InChI is InChI=1S/C12H22O3/c1-6-9(3)11(13)15-10(7-2)8-12(4,5)14/h6,10,14H,7-8H2,1-5H3. The van der Waals surface area contributed by atoms with E-state index in [1.807, 2.05) is 6.92 Å². The van der Waals surface area contributed by atoms with Crippen LogP contribution in [0.2, 0.25) is 0 Å². The van der Waals surface area contributed by atoms with Crippen molar-refractivity contribution in [3.8, 4) is 0 Å². The highest BCUT2D eigenvalue weighted by molar-refractivity contribution is 5.87. The summed E-state index contributed by atoms with van der Waals surface area (Å²) in [5.74, 6) is -0.298. The van der Waals surface area contributed by atoms with Crippen LogP contribution in [0.15, 0.2) is 11.6 Å². The van der Waals surface area contributed by atoms with E-state index in [2.05, 4.69) is 0 Å². The maximum absolute atomic E-state index is 11.5. The lowest BCUT2D eigenvalue weighted by Crippen LogP contribution is -2.29. The maximum atomic E-state index is 11.5. The van der Waals surface area contributed by atoms with Crippen LogP contribution in [0.4, 0.5) is 0 Å². The van der Waals surface area contributed by atoms with Crippen molar-refractivity contribution in [1.29, 1.82) is 0 Å². The fourth-order valence-electron chi connectivity index (χ4n) is 1.19. The number of hydrogen-bond donors (Lipinski definition) is 1. The zero-order valence-corrected chi connectivity index (χ0v) is 10.3. The lowest BCUT2D eigenvalue weighted by molar-refractivity contribution is -0.146. The van der Waals surface area contributed by atoms with Crippen molar-refractivity contribution in [2.75, 3.05) is 0 Å². The number of carbonyl (C=O) groups excluding carboxylic acids is 1. The van der Waals surface area contributed by atoms with Crippen LogP contribution in [0.25, 0.3) is 0 Å². The number of rotatable bonds is 5. The van der Waals surface area contributed by atoms with E-state index in [-0.39, 0.29) is 12.1 Å². The summed E-state index contributed by atoms with van der Waals surface area (Å²) < 4.78 is 5.26. The van der Waals surface area contributed by atoms with Crippen molar-refractivity contribution in [1.82, 2.24) is 0 Å². The molecule has 1 unspecified atom stereocenters. The maximum Gasteiger partial charge on any atom is 0.333 e. The van der Waals surface area contributed by atoms with Gasteiger partial charge in [-0.1, -0.05) is 13.0 Å². The predicted octanol–water partition coefficient (Wildman–Crippen LogP) is 2.44. The first-order valence-corrected chi connectivity index (χ1v) is 5.36. The molecule has 0 rings (SSSR count). The summed E-state index contributed by atoms with van der Waals surface area (Å²) in [5, 5.41) is 9.62. The van der Waals surface area contributed by atoms with E-state index in [1.165, 1.54) is 0 Å². The van der Waals surface area contributed by atoms with Crippen molar-refractivity contribution in [2.24, 2.45) is 0 Å². The summed E-state index contributed by atoms with van der Waals surface area (Å²) in [4.78, 5) is 11.5. The van der Waals surface area contributed by atoms with Crippen LogP contribution in [0.1, 0.15) is 47.5 Å². The van der Waals surface area contributed by atoms with E-state index >= 15 is 0 Å². The van der Waals surface area contributed by atoms with Gasteiger partial charge in [0.2, 0.25) is 0 Å². The summed E-state index contributed by atoms with van der Waals surface area (Å²) in [6.45, 7) is 8.89. The van der Waals surface area contributed by atoms with Crippen molar-refractivity contribution in [3.05, 3.63) is 11.6 Å². The van der Waals surface area contributed by atoms with E-state index in [1.54, 1.807) is 33.8 Å². The van der Waals surface area contributed by atoms with Crippen LogP contribution in [0, 0.1) is 0 Å². The fourth-order valence-corrected chi connectivity index (χ4v) is 1.19. The van der Waals surface area contributed by atoms with E-state index in [4.69, 9.17) is 4.74 Å². The first kappa shape index (κ1) is 14.2. The molecule has 0 saturated carbocycles. The molecule has 0 amide bonds. The van der Waals surface area contributed by atoms with Crippen molar-refractivity contribution < 1.29 is 14.6 Å². The summed E-state index contributed by atoms with van der Waals surface area (Å²) in [6, 6.07) is 0. The summed E-state index contributed by atoms with van der Waals surface area (Å²) in [6.07, 6.45) is 2.69.